The molecule has 0 radical (unpaired) electrons. The van der Waals surface area contributed by atoms with Crippen molar-refractivity contribution in [2.75, 3.05) is 6.54 Å². The van der Waals surface area contributed by atoms with Crippen molar-refractivity contribution < 1.29 is 23.9 Å². The van der Waals surface area contributed by atoms with Crippen molar-refractivity contribution in [3.63, 3.8) is 0 Å². The van der Waals surface area contributed by atoms with Gasteiger partial charge < -0.3 is 9.47 Å². The van der Waals surface area contributed by atoms with Gasteiger partial charge in [-0.25, -0.2) is 14.5 Å². The minimum Gasteiger partial charge on any atom is -0.444 e. The summed E-state index contributed by atoms with van der Waals surface area (Å²) in [6.07, 6.45) is 1.98. The molecule has 2 aromatic rings. The average molecular weight is 420 g/mol. The zero-order valence-corrected chi connectivity index (χ0v) is 17.4. The summed E-state index contributed by atoms with van der Waals surface area (Å²) < 4.78 is 10.8. The first-order chi connectivity index (χ1) is 15.0. The number of carbonyl (C=O) groups is 3. The fraction of sp³-hybridized carbons (Fsp3) is 0.292. The molecule has 160 valence electrons. The lowest BCUT2D eigenvalue weighted by Gasteiger charge is -2.46. The first-order valence-electron chi connectivity index (χ1n) is 10.3. The zero-order chi connectivity index (χ0) is 22.0. The molecule has 0 N–H and O–H groups in total. The van der Waals surface area contributed by atoms with Crippen molar-refractivity contribution in [2.45, 2.75) is 32.0 Å². The molecule has 0 aromatic heterocycles. The van der Waals surface area contributed by atoms with Crippen LogP contribution in [0.5, 0.6) is 5.75 Å². The van der Waals surface area contributed by atoms with Crippen LogP contribution in [0.15, 0.2) is 66.7 Å². The fourth-order valence-corrected chi connectivity index (χ4v) is 3.70. The monoisotopic (exact) mass is 420 g/mol. The number of hydrogen-bond donors (Lipinski definition) is 0. The molecule has 31 heavy (non-hydrogen) atoms. The van der Waals surface area contributed by atoms with Crippen LogP contribution in [0.3, 0.4) is 0 Å². The van der Waals surface area contributed by atoms with E-state index in [0.717, 1.165) is 10.5 Å². The lowest BCUT2D eigenvalue weighted by molar-refractivity contribution is -0.148. The van der Waals surface area contributed by atoms with Crippen molar-refractivity contribution in [2.24, 2.45) is 5.92 Å². The maximum absolute atomic E-state index is 13.0. The van der Waals surface area contributed by atoms with Gasteiger partial charge in [-0.1, -0.05) is 74.5 Å². The molecular weight excluding hydrogens is 396 g/mol. The lowest BCUT2D eigenvalue weighted by Crippen LogP contribution is -2.72. The minimum atomic E-state index is -0.806. The summed E-state index contributed by atoms with van der Waals surface area (Å²) in [6, 6.07) is 16.6. The van der Waals surface area contributed by atoms with Crippen molar-refractivity contribution >= 4 is 24.2 Å². The Labute approximate surface area is 180 Å². The fourth-order valence-electron chi connectivity index (χ4n) is 3.70. The Kier molecular flexibility index (Phi) is 5.75. The van der Waals surface area contributed by atoms with Gasteiger partial charge in [-0.15, -0.1) is 0 Å². The highest BCUT2D eigenvalue weighted by Gasteiger charge is 2.57. The van der Waals surface area contributed by atoms with Gasteiger partial charge in [0.25, 0.3) is 5.91 Å². The molecule has 1 unspecified atom stereocenters. The summed E-state index contributed by atoms with van der Waals surface area (Å²) in [5.74, 6) is -0.0124. The van der Waals surface area contributed by atoms with Crippen LogP contribution in [0.25, 0.3) is 6.08 Å². The number of nitrogens with zero attached hydrogens (tertiary/aromatic N) is 2. The molecule has 2 aromatic carbocycles. The van der Waals surface area contributed by atoms with Crippen LogP contribution >= 0.6 is 0 Å². The van der Waals surface area contributed by atoms with Crippen molar-refractivity contribution in [1.29, 1.82) is 0 Å². The summed E-state index contributed by atoms with van der Waals surface area (Å²) in [4.78, 5) is 40.6. The Morgan fingerprint density at radius 2 is 1.71 bits per heavy atom. The normalized spacial score (nSPS) is 23.3. The van der Waals surface area contributed by atoms with Crippen LogP contribution in [0.4, 0.5) is 9.59 Å². The third kappa shape index (κ3) is 4.17. The predicted octanol–water partition coefficient (Wildman–Crippen LogP) is 3.96. The number of benzene rings is 2. The highest BCUT2D eigenvalue weighted by atomic mass is 16.6. The Hall–Kier alpha value is -3.61. The van der Waals surface area contributed by atoms with Crippen LogP contribution < -0.4 is 4.74 Å². The second-order valence-electron chi connectivity index (χ2n) is 7.91. The number of rotatable bonds is 5. The molecule has 0 aliphatic carbocycles. The number of likely N-dealkylation sites (tertiary alicyclic amines) is 1. The predicted molar refractivity (Wildman–Crippen MR) is 114 cm³/mol. The molecule has 0 spiro atoms. The van der Waals surface area contributed by atoms with Gasteiger partial charge in [0.15, 0.2) is 0 Å². The van der Waals surface area contributed by atoms with E-state index in [-0.39, 0.29) is 12.0 Å². The summed E-state index contributed by atoms with van der Waals surface area (Å²) in [7, 11) is 0. The van der Waals surface area contributed by atoms with Gasteiger partial charge >= 0.3 is 12.2 Å². The number of amides is 3. The summed E-state index contributed by atoms with van der Waals surface area (Å²) in [5, 5.41) is 0. The van der Waals surface area contributed by atoms with Gasteiger partial charge in [0, 0.05) is 0 Å². The first-order valence-corrected chi connectivity index (χ1v) is 10.3. The Balaban J connectivity index is 1.57. The molecule has 2 fully saturated rings. The molecule has 7 nitrogen and oxygen atoms in total. The second kappa shape index (κ2) is 8.63. The van der Waals surface area contributed by atoms with E-state index < -0.39 is 30.2 Å². The zero-order valence-electron chi connectivity index (χ0n) is 17.4. The average Bonchev–Trinajstić information content (AvgIpc) is 3.13. The number of imide groups is 1. The molecule has 3 atom stereocenters. The van der Waals surface area contributed by atoms with Gasteiger partial charge in [0.05, 0.1) is 12.6 Å². The molecule has 2 heterocycles. The molecule has 2 saturated heterocycles. The number of ether oxygens (including phenoxy) is 2. The van der Waals surface area contributed by atoms with Gasteiger partial charge in [-0.05, 0) is 23.6 Å². The molecule has 0 bridgehead atoms. The number of cyclic esters (lactones) is 1. The molecule has 7 heteroatoms. The van der Waals surface area contributed by atoms with Gasteiger partial charge in [0.2, 0.25) is 0 Å². The van der Waals surface area contributed by atoms with Crippen molar-refractivity contribution in [3.05, 3.63) is 72.3 Å². The van der Waals surface area contributed by atoms with Crippen LogP contribution in [0.2, 0.25) is 0 Å². The van der Waals surface area contributed by atoms with Gasteiger partial charge in [0.1, 0.15) is 17.9 Å². The largest absolute Gasteiger partial charge is 0.444 e. The third-order valence-electron chi connectivity index (χ3n) is 5.49. The standard InChI is InChI=1S/C24H24N2O5/c1-16(2)20-15-25(23(28)31-20)21-19(14-13-17-9-5-3-6-10-17)26(22(21)27)24(29)30-18-11-7-4-8-12-18/h3-14,16,19-21H,15H2,1-2H3/t19-,20?,21+/m0/s1. The van der Waals surface area contributed by atoms with Crippen LogP contribution in [-0.4, -0.2) is 52.6 Å². The summed E-state index contributed by atoms with van der Waals surface area (Å²) >= 11 is 0. The number of β-lactam (4-membered cyclic amide) rings is 1. The van der Waals surface area contributed by atoms with Crippen LogP contribution in [0, 0.1) is 5.92 Å². The topological polar surface area (TPSA) is 76.2 Å². The highest BCUT2D eigenvalue weighted by molar-refractivity contribution is 6.04. The van der Waals surface area contributed by atoms with E-state index in [1.807, 2.05) is 50.3 Å². The van der Waals surface area contributed by atoms with Crippen LogP contribution in [0.1, 0.15) is 19.4 Å². The number of para-hydroxylation sites is 1. The van der Waals surface area contributed by atoms with E-state index in [1.165, 1.54) is 4.90 Å². The van der Waals surface area contributed by atoms with Crippen molar-refractivity contribution in [1.82, 2.24) is 9.80 Å². The molecular formula is C24H24N2O5. The third-order valence-corrected chi connectivity index (χ3v) is 5.49. The molecule has 4 rings (SSSR count). The van der Waals surface area contributed by atoms with Crippen molar-refractivity contribution in [3.8, 4) is 5.75 Å². The maximum Gasteiger partial charge on any atom is 0.422 e. The number of hydrogen-bond acceptors (Lipinski definition) is 5. The molecule has 3 amide bonds. The van der Waals surface area contributed by atoms with E-state index in [9.17, 15) is 14.4 Å². The number of carbonyl (C=O) groups excluding carboxylic acids is 3. The quantitative estimate of drug-likeness (QED) is 0.685. The summed E-state index contributed by atoms with van der Waals surface area (Å²) in [6.45, 7) is 4.23. The minimum absolute atomic E-state index is 0.126. The molecule has 0 saturated carbocycles. The lowest BCUT2D eigenvalue weighted by atomic mass is 9.92. The Bertz CT molecular complexity index is 990. The molecule has 2 aliphatic heterocycles. The Morgan fingerprint density at radius 1 is 1.06 bits per heavy atom. The smallest absolute Gasteiger partial charge is 0.422 e. The second-order valence-corrected chi connectivity index (χ2v) is 7.91. The van der Waals surface area contributed by atoms with Gasteiger partial charge in [-0.2, -0.15) is 0 Å². The highest BCUT2D eigenvalue weighted by Crippen LogP contribution is 2.32. The maximum atomic E-state index is 13.0. The van der Waals surface area contributed by atoms with E-state index in [2.05, 4.69) is 0 Å². The Morgan fingerprint density at radius 3 is 2.32 bits per heavy atom. The van der Waals surface area contributed by atoms with E-state index in [1.54, 1.807) is 36.4 Å². The van der Waals surface area contributed by atoms with E-state index in [0.29, 0.717) is 12.3 Å². The molecule has 2 aliphatic rings. The van der Waals surface area contributed by atoms with E-state index in [4.69, 9.17) is 9.47 Å². The van der Waals surface area contributed by atoms with Crippen LogP contribution in [-0.2, 0) is 9.53 Å². The first kappa shape index (κ1) is 20.7. The SMILES string of the molecule is CC(C)C1CN([C@H]2C(=O)N(C(=O)Oc3ccccc3)[C@H]2C=Cc2ccccc2)C(=O)O1. The summed E-state index contributed by atoms with van der Waals surface area (Å²) in [5.41, 5.74) is 0.918. The van der Waals surface area contributed by atoms with Gasteiger partial charge in [-0.3, -0.25) is 9.69 Å². The van der Waals surface area contributed by atoms with E-state index >= 15 is 0 Å².